The number of rotatable bonds is 1. The molecule has 0 aromatic carbocycles. The minimum Gasteiger partial charge on any atom is -0.456 e. The van der Waals surface area contributed by atoms with E-state index in [1.165, 1.54) is 6.08 Å². The number of carbonyl (C=O) groups is 1. The van der Waals surface area contributed by atoms with Crippen LogP contribution in [0.15, 0.2) is 11.6 Å². The van der Waals surface area contributed by atoms with Gasteiger partial charge in [0.05, 0.1) is 6.10 Å². The summed E-state index contributed by atoms with van der Waals surface area (Å²) in [7, 11) is 0. The van der Waals surface area contributed by atoms with E-state index in [1.54, 1.807) is 0 Å². The quantitative estimate of drug-likeness (QED) is 0.624. The molecule has 13 heavy (non-hydrogen) atoms. The zero-order valence-corrected chi connectivity index (χ0v) is 8.28. The molecule has 2 atom stereocenters. The largest absolute Gasteiger partial charge is 0.456 e. The van der Waals surface area contributed by atoms with Gasteiger partial charge in [-0.3, -0.25) is 0 Å². The summed E-state index contributed by atoms with van der Waals surface area (Å²) in [6.07, 6.45) is 1.03. The summed E-state index contributed by atoms with van der Waals surface area (Å²) in [5, 5.41) is 9.69. The Kier molecular flexibility index (Phi) is 3.09. The van der Waals surface area contributed by atoms with Crippen LogP contribution in [-0.2, 0) is 9.53 Å². The molecule has 0 aliphatic carbocycles. The van der Waals surface area contributed by atoms with Crippen LogP contribution < -0.4 is 0 Å². The summed E-state index contributed by atoms with van der Waals surface area (Å²) in [6, 6.07) is 0. The Morgan fingerprint density at radius 1 is 1.62 bits per heavy atom. The number of ether oxygens (including phenoxy) is 1. The number of hydrogen-bond acceptors (Lipinski definition) is 3. The highest BCUT2D eigenvalue weighted by Gasteiger charge is 2.28. The van der Waals surface area contributed by atoms with E-state index >= 15 is 0 Å². The van der Waals surface area contributed by atoms with Gasteiger partial charge in [-0.05, 0) is 19.3 Å². The first-order chi connectivity index (χ1) is 6.00. The highest BCUT2D eigenvalue weighted by Crippen LogP contribution is 2.20. The summed E-state index contributed by atoms with van der Waals surface area (Å²) in [5.74, 6) is -0.189. The highest BCUT2D eigenvalue weighted by molar-refractivity contribution is 5.83. The van der Waals surface area contributed by atoms with Gasteiger partial charge >= 0.3 is 5.97 Å². The van der Waals surface area contributed by atoms with Crippen LogP contribution in [0.5, 0.6) is 0 Å². The van der Waals surface area contributed by atoms with Crippen LogP contribution in [0, 0.1) is 5.92 Å². The van der Waals surface area contributed by atoms with E-state index in [2.05, 4.69) is 0 Å². The third-order valence-corrected chi connectivity index (χ3v) is 2.18. The van der Waals surface area contributed by atoms with Crippen LogP contribution in [0.25, 0.3) is 0 Å². The normalized spacial score (nSPS) is 29.6. The fraction of sp³-hybridized carbons (Fsp3) is 0.700. The van der Waals surface area contributed by atoms with Crippen LogP contribution in [0.2, 0.25) is 0 Å². The molecule has 1 aliphatic heterocycles. The number of cyclic esters (lactones) is 1. The van der Waals surface area contributed by atoms with Crippen molar-refractivity contribution in [3.63, 3.8) is 0 Å². The summed E-state index contributed by atoms with van der Waals surface area (Å²) in [5.41, 5.74) is 0.876. The molecular formula is C10H16O3. The summed E-state index contributed by atoms with van der Waals surface area (Å²) in [6.45, 7) is 5.69. The van der Waals surface area contributed by atoms with E-state index in [0.29, 0.717) is 6.42 Å². The van der Waals surface area contributed by atoms with E-state index in [0.717, 1.165) is 5.57 Å². The first kappa shape index (κ1) is 10.3. The average Bonchev–Trinajstić information content (AvgIpc) is 2.09. The van der Waals surface area contributed by atoms with Crippen LogP contribution in [0.4, 0.5) is 0 Å². The number of carbonyl (C=O) groups excluding carboxylic acids is 1. The smallest absolute Gasteiger partial charge is 0.331 e. The Labute approximate surface area is 78.4 Å². The molecule has 0 saturated carbocycles. The molecule has 1 aliphatic rings. The van der Waals surface area contributed by atoms with Gasteiger partial charge in [0.1, 0.15) is 6.10 Å². The molecule has 3 nitrogen and oxygen atoms in total. The molecule has 0 amide bonds. The minimum absolute atomic E-state index is 0.151. The van der Waals surface area contributed by atoms with Gasteiger partial charge in [-0.2, -0.15) is 0 Å². The average molecular weight is 184 g/mol. The lowest BCUT2D eigenvalue weighted by Gasteiger charge is -2.23. The van der Waals surface area contributed by atoms with Crippen LogP contribution >= 0.6 is 0 Å². The van der Waals surface area contributed by atoms with E-state index < -0.39 is 6.10 Å². The standard InChI is InChI=1S/C10H16O3/c1-6(2)10-8(11)4-7(3)5-9(12)13-10/h5-6,8,10-11H,4H2,1-3H3. The van der Waals surface area contributed by atoms with E-state index in [9.17, 15) is 9.90 Å². The van der Waals surface area contributed by atoms with Crippen molar-refractivity contribution in [3.05, 3.63) is 11.6 Å². The third kappa shape index (κ3) is 2.56. The Bertz CT molecular complexity index is 230. The molecule has 0 aromatic heterocycles. The number of aliphatic hydroxyl groups excluding tert-OH is 1. The lowest BCUT2D eigenvalue weighted by atomic mass is 9.97. The number of aliphatic hydroxyl groups is 1. The molecule has 0 spiro atoms. The molecule has 0 bridgehead atoms. The van der Waals surface area contributed by atoms with Gasteiger partial charge in [-0.25, -0.2) is 4.79 Å². The predicted octanol–water partition coefficient (Wildman–Crippen LogP) is 1.27. The van der Waals surface area contributed by atoms with Gasteiger partial charge in [0.15, 0.2) is 0 Å². The first-order valence-corrected chi connectivity index (χ1v) is 4.56. The van der Waals surface area contributed by atoms with Gasteiger partial charge in [0.25, 0.3) is 0 Å². The van der Waals surface area contributed by atoms with Gasteiger partial charge in [0, 0.05) is 6.08 Å². The van der Waals surface area contributed by atoms with E-state index in [1.807, 2.05) is 20.8 Å². The minimum atomic E-state index is -0.567. The maximum atomic E-state index is 11.1. The van der Waals surface area contributed by atoms with Crippen LogP contribution in [-0.4, -0.2) is 23.3 Å². The van der Waals surface area contributed by atoms with Crippen molar-refractivity contribution in [2.24, 2.45) is 5.92 Å². The second kappa shape index (κ2) is 3.92. The van der Waals surface area contributed by atoms with Crippen molar-refractivity contribution in [3.8, 4) is 0 Å². The Morgan fingerprint density at radius 3 is 2.77 bits per heavy atom. The van der Waals surface area contributed by atoms with Crippen LogP contribution in [0.3, 0.4) is 0 Å². The zero-order valence-electron chi connectivity index (χ0n) is 8.28. The van der Waals surface area contributed by atoms with Crippen molar-refractivity contribution in [2.75, 3.05) is 0 Å². The van der Waals surface area contributed by atoms with Gasteiger partial charge < -0.3 is 9.84 Å². The number of esters is 1. The molecule has 0 fully saturated rings. The molecule has 74 valence electrons. The molecular weight excluding hydrogens is 168 g/mol. The Hall–Kier alpha value is -0.830. The fourth-order valence-corrected chi connectivity index (χ4v) is 1.53. The topological polar surface area (TPSA) is 46.5 Å². The van der Waals surface area contributed by atoms with E-state index in [4.69, 9.17) is 4.74 Å². The second-order valence-electron chi connectivity index (χ2n) is 3.91. The molecule has 1 N–H and O–H groups in total. The third-order valence-electron chi connectivity index (χ3n) is 2.18. The maximum Gasteiger partial charge on any atom is 0.331 e. The van der Waals surface area contributed by atoms with Gasteiger partial charge in [-0.1, -0.05) is 19.4 Å². The molecule has 0 aromatic rings. The van der Waals surface area contributed by atoms with Crippen molar-refractivity contribution >= 4 is 5.97 Å². The van der Waals surface area contributed by atoms with Crippen LogP contribution in [0.1, 0.15) is 27.2 Å². The van der Waals surface area contributed by atoms with Crippen molar-refractivity contribution in [1.29, 1.82) is 0 Å². The second-order valence-corrected chi connectivity index (χ2v) is 3.91. The summed E-state index contributed by atoms with van der Waals surface area (Å²) >= 11 is 0. The zero-order chi connectivity index (χ0) is 10.0. The summed E-state index contributed by atoms with van der Waals surface area (Å²) < 4.78 is 5.09. The van der Waals surface area contributed by atoms with Crippen molar-refractivity contribution < 1.29 is 14.6 Å². The molecule has 1 rings (SSSR count). The molecule has 0 saturated heterocycles. The van der Waals surface area contributed by atoms with E-state index in [-0.39, 0.29) is 18.0 Å². The Balaban J connectivity index is 2.77. The fourth-order valence-electron chi connectivity index (χ4n) is 1.53. The van der Waals surface area contributed by atoms with Gasteiger partial charge in [-0.15, -0.1) is 0 Å². The molecule has 1 heterocycles. The first-order valence-electron chi connectivity index (χ1n) is 4.56. The SMILES string of the molecule is CC1=CC(=O)OC(C(C)C)C(O)C1. The number of hydrogen-bond donors (Lipinski definition) is 1. The van der Waals surface area contributed by atoms with Crippen molar-refractivity contribution in [1.82, 2.24) is 0 Å². The lowest BCUT2D eigenvalue weighted by Crippen LogP contribution is -2.33. The predicted molar refractivity (Wildman–Crippen MR) is 49.1 cm³/mol. The lowest BCUT2D eigenvalue weighted by molar-refractivity contribution is -0.151. The highest BCUT2D eigenvalue weighted by atomic mass is 16.6. The maximum absolute atomic E-state index is 11.1. The molecule has 2 unspecified atom stereocenters. The van der Waals surface area contributed by atoms with Crippen molar-refractivity contribution in [2.45, 2.75) is 39.4 Å². The Morgan fingerprint density at radius 2 is 2.23 bits per heavy atom. The van der Waals surface area contributed by atoms with Gasteiger partial charge in [0.2, 0.25) is 0 Å². The summed E-state index contributed by atoms with van der Waals surface area (Å²) in [4.78, 5) is 11.1. The monoisotopic (exact) mass is 184 g/mol. The molecule has 0 radical (unpaired) electrons. The molecule has 3 heteroatoms.